The van der Waals surface area contributed by atoms with Gasteiger partial charge in [-0.25, -0.2) is 19.2 Å². The Morgan fingerprint density at radius 2 is 1.04 bits per heavy atom. The Bertz CT molecular complexity index is 578. The summed E-state index contributed by atoms with van der Waals surface area (Å²) in [6.07, 6.45) is 0.580. The van der Waals surface area contributed by atoms with E-state index in [1.807, 2.05) is 6.92 Å². The van der Waals surface area contributed by atoms with E-state index < -0.39 is 23.9 Å². The first-order valence-electron chi connectivity index (χ1n) is 8.57. The molecule has 0 rings (SSSR count). The second kappa shape index (κ2) is 12.7. The van der Waals surface area contributed by atoms with Crippen LogP contribution in [0.25, 0.3) is 0 Å². The molecule has 2 atom stereocenters. The Morgan fingerprint density at radius 1 is 0.704 bits per heavy atom. The summed E-state index contributed by atoms with van der Waals surface area (Å²) in [5.74, 6) is -3.88. The van der Waals surface area contributed by atoms with Gasteiger partial charge in [0.2, 0.25) is 0 Å². The van der Waals surface area contributed by atoms with Gasteiger partial charge in [-0.15, -0.1) is 0 Å². The van der Waals surface area contributed by atoms with Gasteiger partial charge in [0.25, 0.3) is 0 Å². The van der Waals surface area contributed by atoms with E-state index >= 15 is 0 Å². The van der Waals surface area contributed by atoms with Crippen LogP contribution in [-0.2, 0) is 38.1 Å². The molecule has 0 aliphatic carbocycles. The van der Waals surface area contributed by atoms with E-state index in [9.17, 15) is 19.2 Å². The zero-order valence-electron chi connectivity index (χ0n) is 16.4. The molecule has 0 aromatic heterocycles. The first-order chi connectivity index (χ1) is 12.6. The van der Waals surface area contributed by atoms with E-state index in [1.54, 1.807) is 6.92 Å². The van der Waals surface area contributed by atoms with Gasteiger partial charge in [0.1, 0.15) is 0 Å². The highest BCUT2D eigenvalue weighted by Gasteiger charge is 2.21. The SMILES string of the molecule is C=C(C)C(=O)OCC(C)COC(=O)C(=O)OCC(CC)COC(=O)C(=C)C. The van der Waals surface area contributed by atoms with Crippen LogP contribution >= 0.6 is 0 Å². The Kier molecular flexibility index (Phi) is 11.4. The normalized spacial score (nSPS) is 12.3. The van der Waals surface area contributed by atoms with Crippen molar-refractivity contribution in [3.8, 4) is 0 Å². The smallest absolute Gasteiger partial charge is 0.417 e. The quantitative estimate of drug-likeness (QED) is 0.230. The fourth-order valence-electron chi connectivity index (χ4n) is 1.52. The molecule has 0 bridgehead atoms. The third kappa shape index (κ3) is 10.8. The maximum Gasteiger partial charge on any atom is 0.417 e. The predicted octanol–water partition coefficient (Wildman–Crippen LogP) is 1.97. The van der Waals surface area contributed by atoms with Crippen molar-refractivity contribution in [2.24, 2.45) is 11.8 Å². The number of hydrogen-bond acceptors (Lipinski definition) is 8. The molecule has 152 valence electrons. The highest BCUT2D eigenvalue weighted by atomic mass is 16.6. The zero-order valence-corrected chi connectivity index (χ0v) is 16.4. The van der Waals surface area contributed by atoms with Crippen LogP contribution in [0.2, 0.25) is 0 Å². The van der Waals surface area contributed by atoms with Crippen LogP contribution in [-0.4, -0.2) is 50.3 Å². The minimum atomic E-state index is -1.14. The van der Waals surface area contributed by atoms with Crippen LogP contribution in [0.15, 0.2) is 24.3 Å². The zero-order chi connectivity index (χ0) is 21.0. The van der Waals surface area contributed by atoms with E-state index in [4.69, 9.17) is 18.9 Å². The molecule has 0 amide bonds. The fraction of sp³-hybridized carbons (Fsp3) is 0.579. The van der Waals surface area contributed by atoms with Crippen molar-refractivity contribution in [3.63, 3.8) is 0 Å². The summed E-state index contributed by atoms with van der Waals surface area (Å²) in [5.41, 5.74) is 0.538. The molecule has 0 aliphatic rings. The van der Waals surface area contributed by atoms with Crippen LogP contribution in [0.5, 0.6) is 0 Å². The molecule has 0 heterocycles. The lowest BCUT2D eigenvalue weighted by Crippen LogP contribution is -2.27. The van der Waals surface area contributed by atoms with Gasteiger partial charge in [0.15, 0.2) is 0 Å². The summed E-state index contributed by atoms with van der Waals surface area (Å²) in [5, 5.41) is 0. The van der Waals surface area contributed by atoms with Gasteiger partial charge in [0, 0.05) is 23.0 Å². The molecule has 0 radical (unpaired) electrons. The minimum Gasteiger partial charge on any atom is -0.462 e. The van der Waals surface area contributed by atoms with Crippen molar-refractivity contribution in [3.05, 3.63) is 24.3 Å². The maximum atomic E-state index is 11.7. The largest absolute Gasteiger partial charge is 0.462 e. The Labute approximate surface area is 159 Å². The molecule has 0 fully saturated rings. The second-order valence-corrected chi connectivity index (χ2v) is 6.33. The van der Waals surface area contributed by atoms with Crippen molar-refractivity contribution >= 4 is 23.9 Å². The Morgan fingerprint density at radius 3 is 1.41 bits per heavy atom. The lowest BCUT2D eigenvalue weighted by atomic mass is 10.1. The Balaban J connectivity index is 4.17. The first kappa shape index (κ1) is 24.4. The second-order valence-electron chi connectivity index (χ2n) is 6.33. The van der Waals surface area contributed by atoms with E-state index in [1.165, 1.54) is 13.8 Å². The number of carbonyl (C=O) groups is 4. The molecule has 8 nitrogen and oxygen atoms in total. The molecule has 0 N–H and O–H groups in total. The number of hydrogen-bond donors (Lipinski definition) is 0. The van der Waals surface area contributed by atoms with Gasteiger partial charge < -0.3 is 18.9 Å². The van der Waals surface area contributed by atoms with Crippen LogP contribution < -0.4 is 0 Å². The molecule has 0 aromatic carbocycles. The van der Waals surface area contributed by atoms with Crippen molar-refractivity contribution in [1.29, 1.82) is 0 Å². The molecule has 8 heteroatoms. The Hall–Kier alpha value is -2.64. The summed E-state index contributed by atoms with van der Waals surface area (Å²) in [6, 6.07) is 0. The monoisotopic (exact) mass is 384 g/mol. The first-order valence-corrected chi connectivity index (χ1v) is 8.57. The van der Waals surface area contributed by atoms with Gasteiger partial charge in [-0.1, -0.05) is 27.0 Å². The minimum absolute atomic E-state index is 0.0278. The number of ether oxygens (including phenoxy) is 4. The fourth-order valence-corrected chi connectivity index (χ4v) is 1.52. The molecular weight excluding hydrogens is 356 g/mol. The number of carbonyl (C=O) groups excluding carboxylic acids is 4. The van der Waals surface area contributed by atoms with E-state index in [2.05, 4.69) is 13.2 Å². The van der Waals surface area contributed by atoms with E-state index in [0.29, 0.717) is 6.42 Å². The molecule has 0 aliphatic heterocycles. The maximum absolute atomic E-state index is 11.7. The van der Waals surface area contributed by atoms with Crippen LogP contribution in [0.3, 0.4) is 0 Å². The third-order valence-electron chi connectivity index (χ3n) is 3.34. The highest BCUT2D eigenvalue weighted by Crippen LogP contribution is 2.07. The lowest BCUT2D eigenvalue weighted by Gasteiger charge is -2.15. The molecule has 0 aromatic rings. The summed E-state index contributed by atoms with van der Waals surface area (Å²) in [6.45, 7) is 13.4. The molecule has 27 heavy (non-hydrogen) atoms. The summed E-state index contributed by atoms with van der Waals surface area (Å²) >= 11 is 0. The van der Waals surface area contributed by atoms with Crippen molar-refractivity contribution < 1.29 is 38.1 Å². The van der Waals surface area contributed by atoms with Crippen molar-refractivity contribution in [1.82, 2.24) is 0 Å². The van der Waals surface area contributed by atoms with Gasteiger partial charge >= 0.3 is 23.9 Å². The highest BCUT2D eigenvalue weighted by molar-refractivity contribution is 6.29. The molecule has 0 saturated heterocycles. The average Bonchev–Trinajstić information content (AvgIpc) is 2.63. The third-order valence-corrected chi connectivity index (χ3v) is 3.34. The van der Waals surface area contributed by atoms with Gasteiger partial charge in [-0.3, -0.25) is 0 Å². The van der Waals surface area contributed by atoms with E-state index in [0.717, 1.165) is 0 Å². The molecule has 2 unspecified atom stereocenters. The van der Waals surface area contributed by atoms with Gasteiger partial charge in [-0.05, 0) is 20.3 Å². The standard InChI is InChI=1S/C19H28O8/c1-7-15(10-26-17(21)13(4)5)11-27-19(23)18(22)25-9-14(6)8-24-16(20)12(2)3/h14-15H,2,4,7-11H2,1,3,5-6H3. The predicted molar refractivity (Wildman–Crippen MR) is 96.4 cm³/mol. The summed E-state index contributed by atoms with van der Waals surface area (Å²) in [7, 11) is 0. The topological polar surface area (TPSA) is 105 Å². The molecule has 0 saturated carbocycles. The summed E-state index contributed by atoms with van der Waals surface area (Å²) < 4.78 is 19.6. The van der Waals surface area contributed by atoms with E-state index in [-0.39, 0.29) is 49.4 Å². The van der Waals surface area contributed by atoms with Crippen LogP contribution in [0.4, 0.5) is 0 Å². The molecular formula is C19H28O8. The lowest BCUT2D eigenvalue weighted by molar-refractivity contribution is -0.170. The van der Waals surface area contributed by atoms with Crippen molar-refractivity contribution in [2.75, 3.05) is 26.4 Å². The molecule has 0 spiro atoms. The number of esters is 4. The van der Waals surface area contributed by atoms with Crippen LogP contribution in [0, 0.1) is 11.8 Å². The van der Waals surface area contributed by atoms with Gasteiger partial charge in [0.05, 0.1) is 26.4 Å². The van der Waals surface area contributed by atoms with Crippen LogP contribution in [0.1, 0.15) is 34.1 Å². The summed E-state index contributed by atoms with van der Waals surface area (Å²) in [4.78, 5) is 45.9. The van der Waals surface area contributed by atoms with Crippen molar-refractivity contribution in [2.45, 2.75) is 34.1 Å². The average molecular weight is 384 g/mol. The number of rotatable bonds is 11. The van der Waals surface area contributed by atoms with Gasteiger partial charge in [-0.2, -0.15) is 0 Å².